The third kappa shape index (κ3) is 3.52. The maximum Gasteiger partial charge on any atom is 0.270 e. The molecule has 1 aliphatic rings. The molecule has 1 aliphatic carbocycles. The summed E-state index contributed by atoms with van der Waals surface area (Å²) in [5, 5.41) is 10.8. The molecule has 0 aromatic heterocycles. The molecule has 1 fully saturated rings. The lowest BCUT2D eigenvalue weighted by molar-refractivity contribution is -0.385. The fourth-order valence-electron chi connectivity index (χ4n) is 1.97. The Morgan fingerprint density at radius 3 is 2.67 bits per heavy atom. The van der Waals surface area contributed by atoms with Crippen molar-refractivity contribution < 1.29 is 18.1 Å². The van der Waals surface area contributed by atoms with Gasteiger partial charge in [-0.25, -0.2) is 8.42 Å². The quantitative estimate of drug-likeness (QED) is 0.562. The fourth-order valence-corrected chi connectivity index (χ4v) is 4.14. The molecule has 116 valence electrons. The average molecular weight is 335 g/mol. The average Bonchev–Trinajstić information content (AvgIpc) is 3.23. The van der Waals surface area contributed by atoms with E-state index in [1.807, 2.05) is 0 Å². The molecule has 7 nitrogen and oxygen atoms in total. The first kappa shape index (κ1) is 16.2. The molecule has 1 saturated carbocycles. The Labute approximate surface area is 127 Å². The van der Waals surface area contributed by atoms with Crippen LogP contribution in [0.15, 0.2) is 23.1 Å². The Kier molecular flexibility index (Phi) is 4.82. The first-order valence-corrected chi connectivity index (χ1v) is 8.14. The minimum Gasteiger partial charge on any atom is -0.383 e. The van der Waals surface area contributed by atoms with Gasteiger partial charge in [0.1, 0.15) is 4.90 Å². The van der Waals surface area contributed by atoms with Crippen molar-refractivity contribution in [3.63, 3.8) is 0 Å². The third-order valence-electron chi connectivity index (χ3n) is 3.18. The molecule has 0 radical (unpaired) electrons. The second kappa shape index (κ2) is 6.27. The van der Waals surface area contributed by atoms with Gasteiger partial charge in [-0.2, -0.15) is 4.31 Å². The molecule has 0 bridgehead atoms. The van der Waals surface area contributed by atoms with E-state index in [4.69, 9.17) is 16.3 Å². The molecule has 0 amide bonds. The lowest BCUT2D eigenvalue weighted by atomic mass is 10.3. The molecule has 21 heavy (non-hydrogen) atoms. The molecule has 0 saturated heterocycles. The summed E-state index contributed by atoms with van der Waals surface area (Å²) in [4.78, 5) is 9.93. The van der Waals surface area contributed by atoms with Crippen molar-refractivity contribution in [1.29, 1.82) is 0 Å². The number of non-ortho nitro benzene ring substituents is 1. The molecule has 0 atom stereocenters. The topological polar surface area (TPSA) is 89.8 Å². The highest BCUT2D eigenvalue weighted by atomic mass is 35.5. The summed E-state index contributed by atoms with van der Waals surface area (Å²) in [5.41, 5.74) is -0.305. The van der Waals surface area contributed by atoms with Crippen LogP contribution in [0.5, 0.6) is 0 Å². The van der Waals surface area contributed by atoms with Gasteiger partial charge in [-0.05, 0) is 18.9 Å². The maximum atomic E-state index is 12.7. The monoisotopic (exact) mass is 334 g/mol. The zero-order valence-corrected chi connectivity index (χ0v) is 12.9. The number of rotatable bonds is 7. The van der Waals surface area contributed by atoms with E-state index in [2.05, 4.69) is 0 Å². The van der Waals surface area contributed by atoms with Crippen molar-refractivity contribution in [3.05, 3.63) is 33.3 Å². The van der Waals surface area contributed by atoms with E-state index in [1.165, 1.54) is 23.5 Å². The van der Waals surface area contributed by atoms with Gasteiger partial charge in [0.05, 0.1) is 16.6 Å². The Morgan fingerprint density at radius 1 is 1.48 bits per heavy atom. The van der Waals surface area contributed by atoms with Gasteiger partial charge in [0.25, 0.3) is 5.69 Å². The molecule has 0 spiro atoms. The lowest BCUT2D eigenvalue weighted by Crippen LogP contribution is -2.36. The van der Waals surface area contributed by atoms with Crippen LogP contribution in [0.1, 0.15) is 12.8 Å². The van der Waals surface area contributed by atoms with Gasteiger partial charge in [0, 0.05) is 31.8 Å². The van der Waals surface area contributed by atoms with E-state index < -0.39 is 14.9 Å². The summed E-state index contributed by atoms with van der Waals surface area (Å²) in [5.74, 6) is 0. The molecular weight excluding hydrogens is 320 g/mol. The normalized spacial score (nSPS) is 15.4. The predicted molar refractivity (Wildman–Crippen MR) is 76.9 cm³/mol. The minimum absolute atomic E-state index is 0.0244. The predicted octanol–water partition coefficient (Wildman–Crippen LogP) is 2.05. The zero-order valence-electron chi connectivity index (χ0n) is 11.4. The molecule has 1 aromatic carbocycles. The molecule has 2 rings (SSSR count). The van der Waals surface area contributed by atoms with Crippen molar-refractivity contribution in [1.82, 2.24) is 4.31 Å². The molecule has 0 aliphatic heterocycles. The van der Waals surface area contributed by atoms with E-state index in [0.717, 1.165) is 18.9 Å². The van der Waals surface area contributed by atoms with E-state index >= 15 is 0 Å². The molecule has 0 heterocycles. The number of sulfonamides is 1. The number of halogens is 1. The van der Waals surface area contributed by atoms with Crippen LogP contribution in [0.25, 0.3) is 0 Å². The van der Waals surface area contributed by atoms with Crippen molar-refractivity contribution >= 4 is 27.3 Å². The van der Waals surface area contributed by atoms with Crippen LogP contribution in [0.4, 0.5) is 5.69 Å². The van der Waals surface area contributed by atoms with Crippen LogP contribution < -0.4 is 0 Å². The Bertz CT molecular complexity index is 645. The van der Waals surface area contributed by atoms with Crippen LogP contribution in [0.2, 0.25) is 5.02 Å². The van der Waals surface area contributed by atoms with Gasteiger partial charge >= 0.3 is 0 Å². The number of nitro groups is 1. The summed E-state index contributed by atoms with van der Waals surface area (Å²) in [7, 11) is -2.40. The lowest BCUT2D eigenvalue weighted by Gasteiger charge is -2.22. The first-order chi connectivity index (χ1) is 9.87. The summed E-state index contributed by atoms with van der Waals surface area (Å²) in [6.45, 7) is 0.449. The van der Waals surface area contributed by atoms with Gasteiger partial charge in [0.2, 0.25) is 10.0 Å². The highest BCUT2D eigenvalue weighted by Gasteiger charge is 2.39. The minimum atomic E-state index is -3.88. The number of hydrogen-bond donors (Lipinski definition) is 0. The SMILES string of the molecule is COCCN(C1CC1)S(=O)(=O)c1cc([N+](=O)[O-])ccc1Cl. The van der Waals surface area contributed by atoms with E-state index in [0.29, 0.717) is 0 Å². The summed E-state index contributed by atoms with van der Waals surface area (Å²) in [6.07, 6.45) is 1.55. The third-order valence-corrected chi connectivity index (χ3v) is 5.62. The molecule has 0 N–H and O–H groups in total. The van der Waals surface area contributed by atoms with Crippen molar-refractivity contribution in [2.45, 2.75) is 23.8 Å². The van der Waals surface area contributed by atoms with Crippen LogP contribution in [-0.4, -0.2) is 43.9 Å². The number of hydrogen-bond acceptors (Lipinski definition) is 5. The molecule has 0 unspecified atom stereocenters. The van der Waals surface area contributed by atoms with Crippen LogP contribution >= 0.6 is 11.6 Å². The van der Waals surface area contributed by atoms with Gasteiger partial charge in [0.15, 0.2) is 0 Å². The van der Waals surface area contributed by atoms with Gasteiger partial charge in [-0.15, -0.1) is 0 Å². The Balaban J connectivity index is 2.41. The van der Waals surface area contributed by atoms with Gasteiger partial charge in [-0.1, -0.05) is 11.6 Å². The van der Waals surface area contributed by atoms with Crippen molar-refractivity contribution in [2.24, 2.45) is 0 Å². The summed E-state index contributed by atoms with van der Waals surface area (Å²) in [6, 6.07) is 3.33. The smallest absolute Gasteiger partial charge is 0.270 e. The highest BCUT2D eigenvalue weighted by molar-refractivity contribution is 7.89. The van der Waals surface area contributed by atoms with Crippen molar-refractivity contribution in [2.75, 3.05) is 20.3 Å². The van der Waals surface area contributed by atoms with Crippen LogP contribution in [-0.2, 0) is 14.8 Å². The van der Waals surface area contributed by atoms with Crippen LogP contribution in [0.3, 0.4) is 0 Å². The van der Waals surface area contributed by atoms with E-state index in [-0.39, 0.29) is 34.8 Å². The van der Waals surface area contributed by atoms with Crippen molar-refractivity contribution in [3.8, 4) is 0 Å². The molecule has 9 heteroatoms. The highest BCUT2D eigenvalue weighted by Crippen LogP contribution is 2.35. The Morgan fingerprint density at radius 2 is 2.14 bits per heavy atom. The van der Waals surface area contributed by atoms with E-state index in [1.54, 1.807) is 0 Å². The largest absolute Gasteiger partial charge is 0.383 e. The zero-order chi connectivity index (χ0) is 15.6. The number of methoxy groups -OCH3 is 1. The molecule has 1 aromatic rings. The number of benzene rings is 1. The van der Waals surface area contributed by atoms with Gasteiger partial charge < -0.3 is 4.74 Å². The van der Waals surface area contributed by atoms with Gasteiger partial charge in [-0.3, -0.25) is 10.1 Å². The standard InChI is InChI=1S/C12H15ClN2O5S/c1-20-7-6-14(9-2-3-9)21(18,19)12-8-10(15(16)17)4-5-11(12)13/h4-5,8-9H,2-3,6-7H2,1H3. The maximum absolute atomic E-state index is 12.7. The van der Waals surface area contributed by atoms with E-state index in [9.17, 15) is 18.5 Å². The van der Waals surface area contributed by atoms with Crippen LogP contribution in [0, 0.1) is 10.1 Å². The fraction of sp³-hybridized carbons (Fsp3) is 0.500. The molecular formula is C12H15ClN2O5S. The number of ether oxygens (including phenoxy) is 1. The summed E-state index contributed by atoms with van der Waals surface area (Å²) >= 11 is 5.93. The second-order valence-electron chi connectivity index (χ2n) is 4.71. The number of nitrogens with zero attached hydrogens (tertiary/aromatic N) is 2. The first-order valence-electron chi connectivity index (χ1n) is 6.32. The number of nitro benzene ring substituents is 1. The summed E-state index contributed by atoms with van der Waals surface area (Å²) < 4.78 is 31.6. The Hall–Kier alpha value is -1.22. The second-order valence-corrected chi connectivity index (χ2v) is 6.98.